The fraction of sp³-hybridized carbons (Fsp3) is 0.0370. The molecule has 0 aliphatic heterocycles. The fourth-order valence-electron chi connectivity index (χ4n) is 9.22. The van der Waals surface area contributed by atoms with E-state index in [0.717, 1.165) is 33.6 Å². The van der Waals surface area contributed by atoms with Gasteiger partial charge < -0.3 is 0 Å². The molecular formula is C54H36N2. The van der Waals surface area contributed by atoms with Crippen LogP contribution in [0, 0.1) is 0 Å². The van der Waals surface area contributed by atoms with E-state index >= 15 is 0 Å². The smallest absolute Gasteiger partial charge is 0.160 e. The predicted octanol–water partition coefficient (Wildman–Crippen LogP) is 13.9. The fourth-order valence-corrected chi connectivity index (χ4v) is 9.22. The van der Waals surface area contributed by atoms with Crippen LogP contribution in [0.15, 0.2) is 200 Å². The second-order valence-electron chi connectivity index (χ2n) is 15.0. The lowest BCUT2D eigenvalue weighted by Crippen LogP contribution is -2.22. The highest BCUT2D eigenvalue weighted by atomic mass is 14.9. The van der Waals surface area contributed by atoms with Crippen molar-refractivity contribution in [3.63, 3.8) is 0 Å². The lowest BCUT2D eigenvalue weighted by molar-refractivity contribution is 0.714. The zero-order chi connectivity index (χ0) is 37.2. The molecule has 11 rings (SSSR count). The Hall–Kier alpha value is -7.16. The van der Waals surface area contributed by atoms with Gasteiger partial charge >= 0.3 is 0 Å². The second kappa shape index (κ2) is 12.7. The summed E-state index contributed by atoms with van der Waals surface area (Å²) >= 11 is 0. The summed E-state index contributed by atoms with van der Waals surface area (Å²) in [4.78, 5) is 10.7. The molecule has 2 nitrogen and oxygen atoms in total. The third-order valence-corrected chi connectivity index (χ3v) is 12.0. The normalized spacial score (nSPS) is 14.6. The van der Waals surface area contributed by atoms with Crippen LogP contribution in [0.25, 0.3) is 88.5 Å². The summed E-state index contributed by atoms with van der Waals surface area (Å²) < 4.78 is 0. The van der Waals surface area contributed by atoms with Crippen molar-refractivity contribution in [3.8, 4) is 56.2 Å². The van der Waals surface area contributed by atoms with Crippen LogP contribution in [-0.2, 0) is 5.41 Å². The zero-order valence-electron chi connectivity index (χ0n) is 30.9. The molecule has 1 aliphatic carbocycles. The Morgan fingerprint density at radius 1 is 0.357 bits per heavy atom. The molecule has 56 heavy (non-hydrogen) atoms. The Morgan fingerprint density at radius 2 is 0.982 bits per heavy atom. The number of nitrogens with zero attached hydrogens (tertiary/aromatic N) is 2. The summed E-state index contributed by atoms with van der Waals surface area (Å²) in [6.45, 7) is 2.37. The summed E-state index contributed by atoms with van der Waals surface area (Å²) in [6.07, 6.45) is 0. The molecule has 1 aromatic heterocycles. The standard InChI is InChI=1S/C54H36N2/c1-54(39-20-6-3-7-21-39)48-27-15-14-24-42(48)43-30-29-38(33-49(43)54)50-34-51(56-53(55-50)36-17-4-2-5-18-36)44-25-12-13-26-45(44)52-41-23-11-9-19-37(41)32-47-40-22-10-8-16-35(40)28-31-46(47)52/h2-34H,1H3. The number of rotatable bonds is 5. The molecule has 0 bridgehead atoms. The lowest BCUT2D eigenvalue weighted by atomic mass is 9.74. The third kappa shape index (κ3) is 4.96. The molecule has 2 heteroatoms. The summed E-state index contributed by atoms with van der Waals surface area (Å²) in [5, 5.41) is 7.41. The number of fused-ring (bicyclic) bond motifs is 7. The van der Waals surface area contributed by atoms with Crippen LogP contribution in [0.2, 0.25) is 0 Å². The molecule has 1 atom stereocenters. The SMILES string of the molecule is CC1(c2ccccc2)c2ccccc2-c2ccc(-c3cc(-c4ccccc4-c4c5ccccc5cc5c4ccc4ccccc45)nc(-c4ccccc4)n3)cc21. The first-order valence-corrected chi connectivity index (χ1v) is 19.3. The third-order valence-electron chi connectivity index (χ3n) is 12.0. The van der Waals surface area contributed by atoms with E-state index < -0.39 is 0 Å². The molecule has 1 unspecified atom stereocenters. The van der Waals surface area contributed by atoms with Crippen LogP contribution in [0.5, 0.6) is 0 Å². The number of hydrogen-bond acceptors (Lipinski definition) is 2. The number of hydrogen-bond donors (Lipinski definition) is 0. The molecule has 1 heterocycles. The van der Waals surface area contributed by atoms with Crippen molar-refractivity contribution in [1.29, 1.82) is 0 Å². The molecule has 0 saturated carbocycles. The van der Waals surface area contributed by atoms with E-state index in [2.05, 4.69) is 201 Å². The van der Waals surface area contributed by atoms with Crippen LogP contribution in [0.4, 0.5) is 0 Å². The van der Waals surface area contributed by atoms with E-state index in [1.165, 1.54) is 65.7 Å². The Bertz CT molecular complexity index is 3150. The van der Waals surface area contributed by atoms with Crippen molar-refractivity contribution in [2.24, 2.45) is 0 Å². The maximum atomic E-state index is 5.37. The Kier molecular flexibility index (Phi) is 7.33. The van der Waals surface area contributed by atoms with Crippen molar-refractivity contribution < 1.29 is 0 Å². The summed E-state index contributed by atoms with van der Waals surface area (Å²) in [5.74, 6) is 0.705. The van der Waals surface area contributed by atoms with E-state index in [9.17, 15) is 0 Å². The minimum absolute atomic E-state index is 0.312. The quantitative estimate of drug-likeness (QED) is 0.131. The lowest BCUT2D eigenvalue weighted by Gasteiger charge is -2.28. The topological polar surface area (TPSA) is 25.8 Å². The summed E-state index contributed by atoms with van der Waals surface area (Å²) in [7, 11) is 0. The first-order chi connectivity index (χ1) is 27.6. The molecular weight excluding hydrogens is 677 g/mol. The van der Waals surface area contributed by atoms with Gasteiger partial charge in [0.2, 0.25) is 0 Å². The minimum atomic E-state index is -0.312. The van der Waals surface area contributed by atoms with Gasteiger partial charge in [-0.15, -0.1) is 0 Å². The van der Waals surface area contributed by atoms with Crippen molar-refractivity contribution in [2.45, 2.75) is 12.3 Å². The molecule has 9 aromatic carbocycles. The second-order valence-corrected chi connectivity index (χ2v) is 15.0. The van der Waals surface area contributed by atoms with Crippen molar-refractivity contribution in [1.82, 2.24) is 9.97 Å². The highest BCUT2D eigenvalue weighted by Crippen LogP contribution is 2.53. The van der Waals surface area contributed by atoms with Gasteiger partial charge in [-0.2, -0.15) is 0 Å². The van der Waals surface area contributed by atoms with E-state index in [0.29, 0.717) is 5.82 Å². The van der Waals surface area contributed by atoms with Gasteiger partial charge in [-0.05, 0) is 96.4 Å². The first kappa shape index (κ1) is 32.3. The number of aromatic nitrogens is 2. The average molecular weight is 713 g/mol. The molecule has 0 fully saturated rings. The average Bonchev–Trinajstić information content (AvgIpc) is 3.54. The van der Waals surface area contributed by atoms with Crippen molar-refractivity contribution in [2.75, 3.05) is 0 Å². The Morgan fingerprint density at radius 3 is 1.80 bits per heavy atom. The molecule has 0 N–H and O–H groups in total. The van der Waals surface area contributed by atoms with Gasteiger partial charge in [0.15, 0.2) is 5.82 Å². The Labute approximate surface area is 326 Å². The largest absolute Gasteiger partial charge is 0.228 e. The highest BCUT2D eigenvalue weighted by Gasteiger charge is 2.40. The molecule has 10 aromatic rings. The molecule has 0 spiro atoms. The summed E-state index contributed by atoms with van der Waals surface area (Å²) in [6, 6.07) is 72.3. The van der Waals surface area contributed by atoms with Gasteiger partial charge in [-0.1, -0.05) is 182 Å². The summed E-state index contributed by atoms with van der Waals surface area (Å²) in [5.41, 5.74) is 13.4. The van der Waals surface area contributed by atoms with Gasteiger partial charge in [0.1, 0.15) is 0 Å². The maximum absolute atomic E-state index is 5.37. The van der Waals surface area contributed by atoms with Gasteiger partial charge in [-0.25, -0.2) is 9.97 Å². The van der Waals surface area contributed by atoms with Crippen LogP contribution in [0.3, 0.4) is 0 Å². The minimum Gasteiger partial charge on any atom is -0.228 e. The van der Waals surface area contributed by atoms with E-state index in [4.69, 9.17) is 9.97 Å². The molecule has 1 aliphatic rings. The van der Waals surface area contributed by atoms with Crippen LogP contribution < -0.4 is 0 Å². The molecule has 0 saturated heterocycles. The first-order valence-electron chi connectivity index (χ1n) is 19.3. The van der Waals surface area contributed by atoms with Crippen LogP contribution in [0.1, 0.15) is 23.6 Å². The number of benzene rings is 9. The van der Waals surface area contributed by atoms with E-state index in [1.807, 2.05) is 6.07 Å². The van der Waals surface area contributed by atoms with E-state index in [-0.39, 0.29) is 5.41 Å². The maximum Gasteiger partial charge on any atom is 0.160 e. The molecule has 0 amide bonds. The highest BCUT2D eigenvalue weighted by molar-refractivity contribution is 6.21. The van der Waals surface area contributed by atoms with Gasteiger partial charge in [0.25, 0.3) is 0 Å². The Balaban J connectivity index is 1.16. The van der Waals surface area contributed by atoms with Gasteiger partial charge in [0.05, 0.1) is 11.4 Å². The monoisotopic (exact) mass is 712 g/mol. The zero-order valence-corrected chi connectivity index (χ0v) is 30.9. The van der Waals surface area contributed by atoms with Crippen molar-refractivity contribution >= 4 is 32.3 Å². The van der Waals surface area contributed by atoms with Crippen molar-refractivity contribution in [3.05, 3.63) is 217 Å². The van der Waals surface area contributed by atoms with Gasteiger partial charge in [-0.3, -0.25) is 0 Å². The van der Waals surface area contributed by atoms with Crippen LogP contribution in [-0.4, -0.2) is 9.97 Å². The molecule has 0 radical (unpaired) electrons. The van der Waals surface area contributed by atoms with Gasteiger partial charge in [0, 0.05) is 22.1 Å². The predicted molar refractivity (Wildman–Crippen MR) is 234 cm³/mol. The van der Waals surface area contributed by atoms with E-state index in [1.54, 1.807) is 0 Å². The molecule has 262 valence electrons. The van der Waals surface area contributed by atoms with Crippen LogP contribution >= 0.6 is 0 Å².